The zero-order valence-electron chi connectivity index (χ0n) is 12.5. The predicted octanol–water partition coefficient (Wildman–Crippen LogP) is 2.40. The zero-order valence-corrected chi connectivity index (χ0v) is 12.5. The number of hydrogen-bond donors (Lipinski definition) is 1. The molecule has 1 aromatic rings. The normalized spacial score (nSPS) is 22.2. The zero-order chi connectivity index (χ0) is 13.8. The van der Waals surface area contributed by atoms with E-state index in [1.807, 2.05) is 0 Å². The first-order valence-electron chi connectivity index (χ1n) is 7.36. The molecule has 1 aliphatic rings. The molecule has 0 spiro atoms. The number of hydrogen-bond acceptors (Lipinski definition) is 3. The van der Waals surface area contributed by atoms with E-state index < -0.39 is 0 Å². The summed E-state index contributed by atoms with van der Waals surface area (Å²) in [6.07, 6.45) is 2.26. The lowest BCUT2D eigenvalue weighted by molar-refractivity contribution is 0.174. The summed E-state index contributed by atoms with van der Waals surface area (Å²) in [6.45, 7) is 5.63. The van der Waals surface area contributed by atoms with Crippen LogP contribution in [0.4, 0.5) is 0 Å². The first kappa shape index (κ1) is 14.5. The van der Waals surface area contributed by atoms with E-state index in [0.717, 1.165) is 26.1 Å². The summed E-state index contributed by atoms with van der Waals surface area (Å²) < 4.78 is 0. The van der Waals surface area contributed by atoms with Crippen molar-refractivity contribution in [3.8, 4) is 0 Å². The van der Waals surface area contributed by atoms with Crippen LogP contribution >= 0.6 is 0 Å². The molecule has 3 heteroatoms. The van der Waals surface area contributed by atoms with Crippen LogP contribution in [0.15, 0.2) is 24.3 Å². The van der Waals surface area contributed by atoms with Crippen molar-refractivity contribution in [2.24, 2.45) is 5.73 Å². The molecule has 0 amide bonds. The molecule has 0 aromatic heterocycles. The summed E-state index contributed by atoms with van der Waals surface area (Å²) in [5.41, 5.74) is 9.08. The van der Waals surface area contributed by atoms with Gasteiger partial charge < -0.3 is 10.6 Å². The molecule has 2 rings (SSSR count). The van der Waals surface area contributed by atoms with Gasteiger partial charge in [-0.25, -0.2) is 0 Å². The standard InChI is InChI=1S/C16H27N3/c1-4-9-19(11-10-18(2)3)16-12-15(17)13-7-5-6-8-14(13)16/h5-8,15-16H,4,9-12,17H2,1-3H3. The molecule has 2 unspecified atom stereocenters. The van der Waals surface area contributed by atoms with E-state index in [4.69, 9.17) is 5.73 Å². The number of nitrogens with zero attached hydrogens (tertiary/aromatic N) is 2. The Morgan fingerprint density at radius 2 is 1.79 bits per heavy atom. The first-order valence-corrected chi connectivity index (χ1v) is 7.36. The number of rotatable bonds is 6. The molecule has 0 aliphatic heterocycles. The smallest absolute Gasteiger partial charge is 0.0370 e. The third-order valence-electron chi connectivity index (χ3n) is 4.02. The van der Waals surface area contributed by atoms with E-state index in [9.17, 15) is 0 Å². The van der Waals surface area contributed by atoms with Gasteiger partial charge in [-0.2, -0.15) is 0 Å². The van der Waals surface area contributed by atoms with Gasteiger partial charge in [-0.3, -0.25) is 4.90 Å². The van der Waals surface area contributed by atoms with Gasteiger partial charge >= 0.3 is 0 Å². The van der Waals surface area contributed by atoms with Gasteiger partial charge in [-0.05, 0) is 44.6 Å². The Morgan fingerprint density at radius 1 is 1.11 bits per heavy atom. The van der Waals surface area contributed by atoms with Crippen molar-refractivity contribution in [3.63, 3.8) is 0 Å². The van der Waals surface area contributed by atoms with Crippen molar-refractivity contribution in [1.29, 1.82) is 0 Å². The van der Waals surface area contributed by atoms with Crippen LogP contribution in [0.25, 0.3) is 0 Å². The van der Waals surface area contributed by atoms with Crippen LogP contribution in [0, 0.1) is 0 Å². The SMILES string of the molecule is CCCN(CCN(C)C)C1CC(N)c2ccccc21. The third kappa shape index (κ3) is 3.35. The van der Waals surface area contributed by atoms with E-state index in [0.29, 0.717) is 6.04 Å². The Hall–Kier alpha value is -0.900. The van der Waals surface area contributed by atoms with Gasteiger partial charge in [-0.15, -0.1) is 0 Å². The van der Waals surface area contributed by atoms with Gasteiger partial charge in [0, 0.05) is 25.2 Å². The largest absolute Gasteiger partial charge is 0.324 e. The molecule has 1 aromatic carbocycles. The lowest BCUT2D eigenvalue weighted by atomic mass is 10.1. The average molecular weight is 261 g/mol. The molecule has 19 heavy (non-hydrogen) atoms. The Labute approximate surface area is 117 Å². The Kier molecular flexibility index (Phi) is 4.97. The molecule has 106 valence electrons. The van der Waals surface area contributed by atoms with Crippen molar-refractivity contribution < 1.29 is 0 Å². The van der Waals surface area contributed by atoms with Crippen LogP contribution < -0.4 is 5.73 Å². The second-order valence-corrected chi connectivity index (χ2v) is 5.83. The molecule has 0 bridgehead atoms. The summed E-state index contributed by atoms with van der Waals surface area (Å²) in [5.74, 6) is 0. The van der Waals surface area contributed by atoms with E-state index >= 15 is 0 Å². The van der Waals surface area contributed by atoms with Crippen LogP contribution in [0.5, 0.6) is 0 Å². The second kappa shape index (κ2) is 6.51. The minimum atomic E-state index is 0.208. The minimum absolute atomic E-state index is 0.208. The van der Waals surface area contributed by atoms with Crippen LogP contribution in [-0.4, -0.2) is 43.5 Å². The fourth-order valence-corrected chi connectivity index (χ4v) is 3.03. The maximum absolute atomic E-state index is 6.29. The van der Waals surface area contributed by atoms with Crippen LogP contribution in [-0.2, 0) is 0 Å². The Bertz CT molecular complexity index is 403. The predicted molar refractivity (Wildman–Crippen MR) is 81.1 cm³/mol. The van der Waals surface area contributed by atoms with E-state index in [1.54, 1.807) is 0 Å². The molecule has 0 heterocycles. The van der Waals surface area contributed by atoms with Crippen molar-refractivity contribution in [1.82, 2.24) is 9.80 Å². The van der Waals surface area contributed by atoms with Crippen molar-refractivity contribution in [2.45, 2.75) is 31.8 Å². The molecule has 0 fully saturated rings. The number of likely N-dealkylation sites (N-methyl/N-ethyl adjacent to an activating group) is 1. The van der Waals surface area contributed by atoms with Crippen LogP contribution in [0.3, 0.4) is 0 Å². The summed E-state index contributed by atoms with van der Waals surface area (Å²) in [6, 6.07) is 9.40. The van der Waals surface area contributed by atoms with Gasteiger partial charge in [0.25, 0.3) is 0 Å². The molecule has 0 saturated heterocycles. The molecule has 2 atom stereocenters. The maximum atomic E-state index is 6.29. The molecule has 0 saturated carbocycles. The highest BCUT2D eigenvalue weighted by molar-refractivity contribution is 5.37. The number of benzene rings is 1. The van der Waals surface area contributed by atoms with Gasteiger partial charge in [0.1, 0.15) is 0 Å². The fourth-order valence-electron chi connectivity index (χ4n) is 3.03. The Balaban J connectivity index is 2.14. The monoisotopic (exact) mass is 261 g/mol. The van der Waals surface area contributed by atoms with E-state index in [2.05, 4.69) is 55.1 Å². The van der Waals surface area contributed by atoms with Gasteiger partial charge in [-0.1, -0.05) is 31.2 Å². The summed E-state index contributed by atoms with van der Waals surface area (Å²) in [5, 5.41) is 0. The molecular weight excluding hydrogens is 234 g/mol. The lowest BCUT2D eigenvalue weighted by Gasteiger charge is -2.30. The van der Waals surface area contributed by atoms with Crippen LogP contribution in [0.2, 0.25) is 0 Å². The van der Waals surface area contributed by atoms with E-state index in [1.165, 1.54) is 17.5 Å². The number of nitrogens with two attached hydrogens (primary N) is 1. The summed E-state index contributed by atoms with van der Waals surface area (Å²) >= 11 is 0. The fraction of sp³-hybridized carbons (Fsp3) is 0.625. The summed E-state index contributed by atoms with van der Waals surface area (Å²) in [7, 11) is 4.27. The number of fused-ring (bicyclic) bond motifs is 1. The topological polar surface area (TPSA) is 32.5 Å². The van der Waals surface area contributed by atoms with Crippen molar-refractivity contribution in [3.05, 3.63) is 35.4 Å². The van der Waals surface area contributed by atoms with E-state index in [-0.39, 0.29) is 6.04 Å². The highest BCUT2D eigenvalue weighted by atomic mass is 15.2. The van der Waals surface area contributed by atoms with Gasteiger partial charge in [0.05, 0.1) is 0 Å². The highest BCUT2D eigenvalue weighted by Crippen LogP contribution is 2.40. The second-order valence-electron chi connectivity index (χ2n) is 5.83. The van der Waals surface area contributed by atoms with Crippen LogP contribution in [0.1, 0.15) is 43.0 Å². The first-order chi connectivity index (χ1) is 9.13. The van der Waals surface area contributed by atoms with Gasteiger partial charge in [0.15, 0.2) is 0 Å². The minimum Gasteiger partial charge on any atom is -0.324 e. The molecule has 3 nitrogen and oxygen atoms in total. The quantitative estimate of drug-likeness (QED) is 0.853. The average Bonchev–Trinajstić information content (AvgIpc) is 2.72. The third-order valence-corrected chi connectivity index (χ3v) is 4.02. The molecule has 0 radical (unpaired) electrons. The Morgan fingerprint density at radius 3 is 2.42 bits per heavy atom. The summed E-state index contributed by atoms with van der Waals surface area (Å²) in [4.78, 5) is 4.86. The molecule has 2 N–H and O–H groups in total. The molecule has 1 aliphatic carbocycles. The van der Waals surface area contributed by atoms with Crippen molar-refractivity contribution >= 4 is 0 Å². The molecular formula is C16H27N3. The van der Waals surface area contributed by atoms with Gasteiger partial charge in [0.2, 0.25) is 0 Å². The van der Waals surface area contributed by atoms with Crippen molar-refractivity contribution in [2.75, 3.05) is 33.7 Å². The maximum Gasteiger partial charge on any atom is 0.0370 e. The highest BCUT2D eigenvalue weighted by Gasteiger charge is 2.31. The lowest BCUT2D eigenvalue weighted by Crippen LogP contribution is -2.35.